The predicted octanol–water partition coefficient (Wildman–Crippen LogP) is 0.227. The Hall–Kier alpha value is -3.18. The van der Waals surface area contributed by atoms with Crippen LogP contribution in [0.15, 0.2) is 4.99 Å². The number of carbonyl (C=O) groups is 5. The van der Waals surface area contributed by atoms with Gasteiger partial charge in [0.05, 0.1) is 20.1 Å². The largest absolute Gasteiger partial charge is 0.469 e. The number of nitrogens with zero attached hydrogens (tertiary/aromatic N) is 2. The van der Waals surface area contributed by atoms with Gasteiger partial charge in [-0.3, -0.25) is 24.2 Å². The quantitative estimate of drug-likeness (QED) is 0.110. The highest BCUT2D eigenvalue weighted by atomic mass is 16.5. The van der Waals surface area contributed by atoms with Gasteiger partial charge in [0.15, 0.2) is 5.96 Å². The molecule has 36 heavy (non-hydrogen) atoms. The number of ether oxygens (including phenoxy) is 1. The van der Waals surface area contributed by atoms with Crippen molar-refractivity contribution in [2.24, 2.45) is 22.4 Å². The zero-order valence-corrected chi connectivity index (χ0v) is 22.1. The monoisotopic (exact) mass is 512 g/mol. The molecule has 0 aromatic rings. The van der Waals surface area contributed by atoms with Gasteiger partial charge in [0, 0.05) is 19.0 Å². The Balaban J connectivity index is 0.00000152. The average molecular weight is 513 g/mol. The van der Waals surface area contributed by atoms with E-state index in [0.717, 1.165) is 25.8 Å². The van der Waals surface area contributed by atoms with Crippen LogP contribution in [0.3, 0.4) is 0 Å². The molecule has 12 heteroatoms. The van der Waals surface area contributed by atoms with E-state index in [4.69, 9.17) is 11.5 Å². The summed E-state index contributed by atoms with van der Waals surface area (Å²) in [5.74, 6) is -1.84. The molecular weight excluding hydrogens is 468 g/mol. The summed E-state index contributed by atoms with van der Waals surface area (Å²) in [7, 11) is 1.22. The Labute approximate surface area is 213 Å². The molecule has 0 spiro atoms. The van der Waals surface area contributed by atoms with Crippen molar-refractivity contribution >= 4 is 35.9 Å². The number of guanidine groups is 1. The standard InChI is InChI=1S/C20H33N3O6.C4H11N3/c1-4-7-14(8-5-2)18(26)22-15(13-17(25)29-3)20(28)23-11-6-9-16(23)19(27)21-10-12-24;1-2-3-7-4(5)6/h12,14-16H,4-11,13H2,1-3H3,(H,21,27)(H,22,26);2-3H2,1H3,(H4,5,6,7)/t15-,16-;/m0./s1. The Kier molecular flexibility index (Phi) is 17.4. The molecule has 12 nitrogen and oxygen atoms in total. The topological polar surface area (TPSA) is 186 Å². The van der Waals surface area contributed by atoms with Crippen molar-refractivity contribution in [2.45, 2.75) is 84.2 Å². The van der Waals surface area contributed by atoms with Crippen molar-refractivity contribution in [1.82, 2.24) is 15.5 Å². The second-order valence-electron chi connectivity index (χ2n) is 8.52. The van der Waals surface area contributed by atoms with E-state index in [1.165, 1.54) is 12.0 Å². The van der Waals surface area contributed by atoms with Crippen LogP contribution in [-0.4, -0.2) is 79.7 Å². The van der Waals surface area contributed by atoms with Crippen molar-refractivity contribution in [3.05, 3.63) is 0 Å². The number of likely N-dealkylation sites (tertiary alicyclic amines) is 1. The normalized spacial score (nSPS) is 15.2. The summed E-state index contributed by atoms with van der Waals surface area (Å²) in [6, 6.07) is -1.81. The maximum absolute atomic E-state index is 13.1. The number of nitrogens with one attached hydrogen (secondary N) is 2. The second kappa shape index (κ2) is 19.1. The third-order valence-corrected chi connectivity index (χ3v) is 5.57. The van der Waals surface area contributed by atoms with Gasteiger partial charge in [0.25, 0.3) is 0 Å². The van der Waals surface area contributed by atoms with Crippen LogP contribution >= 0.6 is 0 Å². The zero-order valence-electron chi connectivity index (χ0n) is 22.1. The minimum Gasteiger partial charge on any atom is -0.469 e. The third kappa shape index (κ3) is 12.5. The lowest BCUT2D eigenvalue weighted by atomic mass is 9.96. The summed E-state index contributed by atoms with van der Waals surface area (Å²) in [6.07, 6.45) is 5.40. The molecule has 0 saturated carbocycles. The van der Waals surface area contributed by atoms with Gasteiger partial charge < -0.3 is 36.5 Å². The maximum Gasteiger partial charge on any atom is 0.308 e. The first-order valence-electron chi connectivity index (χ1n) is 12.6. The van der Waals surface area contributed by atoms with Crippen molar-refractivity contribution in [3.63, 3.8) is 0 Å². The molecule has 2 atom stereocenters. The van der Waals surface area contributed by atoms with Crippen LogP contribution in [0.5, 0.6) is 0 Å². The fourth-order valence-electron chi connectivity index (χ4n) is 3.85. The van der Waals surface area contributed by atoms with E-state index >= 15 is 0 Å². The highest BCUT2D eigenvalue weighted by Gasteiger charge is 2.38. The van der Waals surface area contributed by atoms with E-state index in [9.17, 15) is 24.0 Å². The summed E-state index contributed by atoms with van der Waals surface area (Å²) in [4.78, 5) is 65.5. The molecule has 0 bridgehead atoms. The molecule has 206 valence electrons. The SMILES string of the molecule is CCCC(CCC)C(=O)N[C@@H](CC(=O)OC)C(=O)N1CCC[C@H]1C(=O)NCC=O.CCCN=C(N)N. The lowest BCUT2D eigenvalue weighted by Gasteiger charge is -2.29. The number of aliphatic imine (C=N–C) groups is 1. The summed E-state index contributed by atoms with van der Waals surface area (Å²) >= 11 is 0. The summed E-state index contributed by atoms with van der Waals surface area (Å²) in [5, 5.41) is 5.18. The van der Waals surface area contributed by atoms with E-state index in [1.54, 1.807) is 0 Å². The molecular formula is C24H44N6O6. The lowest BCUT2D eigenvalue weighted by molar-refractivity contribution is -0.147. The minimum absolute atomic E-state index is 0.130. The van der Waals surface area contributed by atoms with Gasteiger partial charge in [-0.25, -0.2) is 0 Å². The highest BCUT2D eigenvalue weighted by Crippen LogP contribution is 2.20. The Morgan fingerprint density at radius 1 is 1.11 bits per heavy atom. The summed E-state index contributed by atoms with van der Waals surface area (Å²) in [6.45, 7) is 6.95. The number of nitrogens with two attached hydrogens (primary N) is 2. The van der Waals surface area contributed by atoms with Gasteiger partial charge in [0.2, 0.25) is 17.7 Å². The van der Waals surface area contributed by atoms with Crippen LogP contribution in [0.1, 0.15) is 72.1 Å². The average Bonchev–Trinajstić information content (AvgIpc) is 3.35. The molecule has 0 aromatic carbocycles. The summed E-state index contributed by atoms with van der Waals surface area (Å²) < 4.78 is 4.68. The zero-order chi connectivity index (χ0) is 27.5. The van der Waals surface area contributed by atoms with Crippen molar-refractivity contribution in [1.29, 1.82) is 0 Å². The first-order chi connectivity index (χ1) is 17.2. The number of esters is 1. The highest BCUT2D eigenvalue weighted by molar-refractivity contribution is 5.95. The van der Waals surface area contributed by atoms with E-state index in [-0.39, 0.29) is 30.8 Å². The van der Waals surface area contributed by atoms with Gasteiger partial charge in [-0.15, -0.1) is 0 Å². The smallest absolute Gasteiger partial charge is 0.308 e. The predicted molar refractivity (Wildman–Crippen MR) is 137 cm³/mol. The maximum atomic E-state index is 13.1. The molecule has 1 saturated heterocycles. The fraction of sp³-hybridized carbons (Fsp3) is 0.750. The number of methoxy groups -OCH3 is 1. The number of amides is 3. The number of aldehydes is 1. The van der Waals surface area contributed by atoms with Gasteiger partial charge in [0.1, 0.15) is 18.4 Å². The molecule has 1 rings (SSSR count). The molecule has 1 aliphatic rings. The Bertz CT molecular complexity index is 735. The van der Waals surface area contributed by atoms with Gasteiger partial charge in [-0.1, -0.05) is 33.6 Å². The fourth-order valence-corrected chi connectivity index (χ4v) is 3.85. The number of hydrogen-bond donors (Lipinski definition) is 4. The first kappa shape index (κ1) is 32.8. The molecule has 0 radical (unpaired) electrons. The van der Waals surface area contributed by atoms with Gasteiger partial charge in [-0.2, -0.15) is 0 Å². The summed E-state index contributed by atoms with van der Waals surface area (Å²) in [5.41, 5.74) is 10.0. The van der Waals surface area contributed by atoms with Crippen molar-refractivity contribution in [2.75, 3.05) is 26.7 Å². The molecule has 1 fully saturated rings. The van der Waals surface area contributed by atoms with E-state index in [2.05, 4.69) is 20.4 Å². The van der Waals surface area contributed by atoms with E-state index < -0.39 is 29.9 Å². The minimum atomic E-state index is -1.09. The van der Waals surface area contributed by atoms with Crippen molar-refractivity contribution < 1.29 is 28.7 Å². The molecule has 1 heterocycles. The number of rotatable bonds is 14. The molecule has 1 aliphatic heterocycles. The van der Waals surface area contributed by atoms with Gasteiger partial charge in [-0.05, 0) is 32.1 Å². The van der Waals surface area contributed by atoms with Crippen LogP contribution in [0.4, 0.5) is 0 Å². The first-order valence-corrected chi connectivity index (χ1v) is 12.6. The lowest BCUT2D eigenvalue weighted by Crippen LogP contribution is -2.55. The molecule has 0 aliphatic carbocycles. The Morgan fingerprint density at radius 2 is 1.75 bits per heavy atom. The van der Waals surface area contributed by atoms with E-state index in [0.29, 0.717) is 38.5 Å². The van der Waals surface area contributed by atoms with Gasteiger partial charge >= 0.3 is 5.97 Å². The second-order valence-corrected chi connectivity index (χ2v) is 8.52. The number of hydrogen-bond acceptors (Lipinski definition) is 7. The molecule has 6 N–H and O–H groups in total. The molecule has 3 amide bonds. The van der Waals surface area contributed by atoms with Crippen LogP contribution in [0, 0.1) is 5.92 Å². The van der Waals surface area contributed by atoms with Crippen LogP contribution in [0.25, 0.3) is 0 Å². The molecule has 0 aromatic heterocycles. The van der Waals surface area contributed by atoms with Crippen molar-refractivity contribution in [3.8, 4) is 0 Å². The third-order valence-electron chi connectivity index (χ3n) is 5.57. The number of carbonyl (C=O) groups excluding carboxylic acids is 5. The van der Waals surface area contributed by atoms with E-state index in [1.807, 2.05) is 20.8 Å². The van der Waals surface area contributed by atoms with Crippen LogP contribution in [0.2, 0.25) is 0 Å². The van der Waals surface area contributed by atoms with Crippen LogP contribution < -0.4 is 22.1 Å². The Morgan fingerprint density at radius 3 is 2.22 bits per heavy atom. The van der Waals surface area contributed by atoms with Crippen LogP contribution in [-0.2, 0) is 28.7 Å². The molecule has 0 unspecified atom stereocenters.